The third-order valence-corrected chi connectivity index (χ3v) is 10.2. The normalized spacial score (nSPS) is 47.2. The van der Waals surface area contributed by atoms with Gasteiger partial charge < -0.3 is 14.9 Å². The van der Waals surface area contributed by atoms with Crippen LogP contribution in [0, 0.1) is 28.6 Å². The highest BCUT2D eigenvalue weighted by atomic mass is 35.5. The van der Waals surface area contributed by atoms with Crippen molar-refractivity contribution in [2.45, 2.75) is 76.4 Å². The summed E-state index contributed by atoms with van der Waals surface area (Å²) in [6.07, 6.45) is 6.21. The second-order valence-corrected chi connectivity index (χ2v) is 11.2. The fourth-order valence-electron chi connectivity index (χ4n) is 7.77. The second kappa shape index (κ2) is 7.51. The third kappa shape index (κ3) is 2.69. The van der Waals surface area contributed by atoms with Crippen molar-refractivity contribution in [2.24, 2.45) is 28.6 Å². The molecule has 3 saturated carbocycles. The predicted octanol–water partition coefficient (Wildman–Crippen LogP) is 3.13. The Morgan fingerprint density at radius 3 is 2.59 bits per heavy atom. The lowest BCUT2D eigenvalue weighted by Crippen LogP contribution is -2.69. The minimum absolute atomic E-state index is 0.0696. The second-order valence-electron chi connectivity index (χ2n) is 10.5. The van der Waals surface area contributed by atoms with Crippen LogP contribution < -0.4 is 0 Å². The highest BCUT2D eigenvalue weighted by Gasteiger charge is 2.76. The highest BCUT2D eigenvalue weighted by molar-refractivity contribution is 6.26. The molecule has 0 amide bonds. The molecule has 0 saturated heterocycles. The van der Waals surface area contributed by atoms with Crippen molar-refractivity contribution in [1.82, 2.24) is 0 Å². The number of fused-ring (bicyclic) bond motifs is 5. The minimum Gasteiger partial charge on any atom is -0.450 e. The number of hydrogen-bond donors (Lipinski definition) is 2. The van der Waals surface area contributed by atoms with Crippen LogP contribution in [-0.2, 0) is 19.1 Å². The molecule has 0 unspecified atom stereocenters. The molecule has 6 nitrogen and oxygen atoms in total. The van der Waals surface area contributed by atoms with E-state index in [2.05, 4.69) is 0 Å². The van der Waals surface area contributed by atoms with Gasteiger partial charge in [0, 0.05) is 23.2 Å². The number of aliphatic hydroxyl groups is 2. The molecule has 2 N–H and O–H groups in total. The van der Waals surface area contributed by atoms with Crippen LogP contribution in [0.2, 0.25) is 0 Å². The summed E-state index contributed by atoms with van der Waals surface area (Å²) in [5.74, 6) is -1.66. The van der Waals surface area contributed by atoms with E-state index >= 15 is 0 Å². The van der Waals surface area contributed by atoms with Gasteiger partial charge in [0.2, 0.25) is 5.78 Å². The van der Waals surface area contributed by atoms with Crippen molar-refractivity contribution in [3.63, 3.8) is 0 Å². The van der Waals surface area contributed by atoms with Gasteiger partial charge in [-0.3, -0.25) is 14.4 Å². The molecule has 0 heterocycles. The van der Waals surface area contributed by atoms with E-state index in [1.807, 2.05) is 26.8 Å². The average molecular weight is 465 g/mol. The van der Waals surface area contributed by atoms with Crippen LogP contribution in [0.5, 0.6) is 0 Å². The number of aliphatic hydroxyl groups excluding tert-OH is 2. The zero-order valence-electron chi connectivity index (χ0n) is 19.2. The molecule has 8 atom stereocenters. The molecule has 0 aromatic carbocycles. The standard InChI is InChI=1S/C25H33ClO6/c1-5-21(31)32-25(20(30)13-27)14(2)10-18-17-7-6-15-11-16(28)8-9-22(15,3)24(17,26)19(29)12-23(18,25)4/h8-9,11,14,17-19,27,29H,5-7,10,12-13H2,1-4H3/t14-,17-,18-,19-,22-,23-,24-,25-/m0/s1. The van der Waals surface area contributed by atoms with Gasteiger partial charge in [0.25, 0.3) is 0 Å². The van der Waals surface area contributed by atoms with Crippen LogP contribution >= 0.6 is 11.6 Å². The zero-order valence-corrected chi connectivity index (χ0v) is 19.9. The van der Waals surface area contributed by atoms with E-state index in [1.165, 1.54) is 6.08 Å². The van der Waals surface area contributed by atoms with E-state index in [-0.39, 0.29) is 36.4 Å². The van der Waals surface area contributed by atoms with Gasteiger partial charge in [-0.15, -0.1) is 11.6 Å². The molecule has 176 valence electrons. The smallest absolute Gasteiger partial charge is 0.306 e. The van der Waals surface area contributed by atoms with Crippen molar-refractivity contribution in [3.05, 3.63) is 23.8 Å². The van der Waals surface area contributed by atoms with Gasteiger partial charge in [0.05, 0.1) is 11.0 Å². The van der Waals surface area contributed by atoms with Crippen LogP contribution in [-0.4, -0.2) is 50.9 Å². The quantitative estimate of drug-likeness (QED) is 0.489. The fourth-order valence-corrected chi connectivity index (χ4v) is 8.29. The molecule has 0 spiro atoms. The molecule has 7 heteroatoms. The summed E-state index contributed by atoms with van der Waals surface area (Å²) < 4.78 is 5.92. The lowest BCUT2D eigenvalue weighted by Gasteiger charge is -2.64. The number of halogens is 1. The first-order valence-electron chi connectivity index (χ1n) is 11.6. The van der Waals surface area contributed by atoms with E-state index in [0.29, 0.717) is 19.3 Å². The maximum atomic E-state index is 13.2. The Morgan fingerprint density at radius 1 is 1.28 bits per heavy atom. The van der Waals surface area contributed by atoms with Crippen LogP contribution in [0.4, 0.5) is 0 Å². The van der Waals surface area contributed by atoms with E-state index in [9.17, 15) is 24.6 Å². The number of carbonyl (C=O) groups excluding carboxylic acids is 3. The lowest BCUT2D eigenvalue weighted by molar-refractivity contribution is -0.202. The number of ether oxygens (including phenoxy) is 1. The number of allylic oxidation sites excluding steroid dienone is 4. The first kappa shape index (κ1) is 23.7. The van der Waals surface area contributed by atoms with Crippen molar-refractivity contribution < 1.29 is 29.3 Å². The lowest BCUT2D eigenvalue weighted by atomic mass is 9.45. The van der Waals surface area contributed by atoms with Crippen LogP contribution in [0.25, 0.3) is 0 Å². The average Bonchev–Trinajstić information content (AvgIpc) is 2.96. The molecule has 4 aliphatic carbocycles. The van der Waals surface area contributed by atoms with Crippen LogP contribution in [0.3, 0.4) is 0 Å². The summed E-state index contributed by atoms with van der Waals surface area (Å²) in [5, 5.41) is 21.5. The van der Waals surface area contributed by atoms with Gasteiger partial charge in [0.1, 0.15) is 6.61 Å². The Kier molecular flexibility index (Phi) is 5.55. The van der Waals surface area contributed by atoms with Crippen molar-refractivity contribution in [2.75, 3.05) is 6.61 Å². The summed E-state index contributed by atoms with van der Waals surface area (Å²) in [6.45, 7) is 6.72. The highest BCUT2D eigenvalue weighted by Crippen LogP contribution is 2.72. The van der Waals surface area contributed by atoms with E-state index in [4.69, 9.17) is 16.3 Å². The molecule has 0 aromatic rings. The maximum absolute atomic E-state index is 13.2. The number of ketones is 2. The van der Waals surface area contributed by atoms with E-state index < -0.39 is 45.8 Å². The summed E-state index contributed by atoms with van der Waals surface area (Å²) in [4.78, 5) is 36.7. The molecule has 0 aromatic heterocycles. The molecule has 0 aliphatic heterocycles. The Bertz CT molecular complexity index is 925. The summed E-state index contributed by atoms with van der Waals surface area (Å²) in [7, 11) is 0. The van der Waals surface area contributed by atoms with Gasteiger partial charge in [-0.1, -0.05) is 39.3 Å². The molecule has 4 rings (SSSR count). The minimum atomic E-state index is -1.51. The molecule has 4 aliphatic rings. The van der Waals surface area contributed by atoms with Gasteiger partial charge in [-0.05, 0) is 49.7 Å². The van der Waals surface area contributed by atoms with Crippen LogP contribution in [0.15, 0.2) is 23.8 Å². The number of esters is 1. The zero-order chi connectivity index (χ0) is 23.7. The molecule has 0 radical (unpaired) electrons. The fraction of sp³-hybridized carbons (Fsp3) is 0.720. The number of hydrogen-bond acceptors (Lipinski definition) is 6. The third-order valence-electron chi connectivity index (χ3n) is 9.30. The van der Waals surface area contributed by atoms with Gasteiger partial charge in [-0.2, -0.15) is 0 Å². The molecule has 3 fully saturated rings. The van der Waals surface area contributed by atoms with Crippen molar-refractivity contribution in [1.29, 1.82) is 0 Å². The molecular formula is C25H33ClO6. The molecule has 0 bridgehead atoms. The van der Waals surface area contributed by atoms with E-state index in [0.717, 1.165) is 5.57 Å². The first-order chi connectivity index (χ1) is 14.9. The predicted molar refractivity (Wildman–Crippen MR) is 119 cm³/mol. The Labute approximate surface area is 194 Å². The number of rotatable bonds is 4. The topological polar surface area (TPSA) is 101 Å². The Balaban J connectivity index is 1.85. The summed E-state index contributed by atoms with van der Waals surface area (Å²) in [5.41, 5.74) is -2.14. The van der Waals surface area contributed by atoms with E-state index in [1.54, 1.807) is 13.0 Å². The number of alkyl halides is 1. The first-order valence-corrected chi connectivity index (χ1v) is 12.0. The number of carbonyl (C=O) groups is 3. The summed E-state index contributed by atoms with van der Waals surface area (Å²) >= 11 is 7.41. The van der Waals surface area contributed by atoms with Gasteiger partial charge in [-0.25, -0.2) is 0 Å². The SMILES string of the molecule is CCC(=O)O[C@]1(C(=O)CO)[C@@H](C)C[C@H]2[C@@H]3CCC4=CC(=O)C=C[C@]4(C)[C@@]3(Cl)[C@@H](O)C[C@@]21C. The monoisotopic (exact) mass is 464 g/mol. The molecular weight excluding hydrogens is 432 g/mol. The van der Waals surface area contributed by atoms with Crippen LogP contribution in [0.1, 0.15) is 59.8 Å². The largest absolute Gasteiger partial charge is 0.450 e. The Hall–Kier alpha value is -1.50. The summed E-state index contributed by atoms with van der Waals surface area (Å²) in [6, 6.07) is 0. The molecule has 32 heavy (non-hydrogen) atoms. The number of Topliss-reactive ketones (excluding diaryl/α,β-unsaturated/α-hetero) is 1. The van der Waals surface area contributed by atoms with Gasteiger partial charge >= 0.3 is 5.97 Å². The van der Waals surface area contributed by atoms with Crippen molar-refractivity contribution in [3.8, 4) is 0 Å². The maximum Gasteiger partial charge on any atom is 0.306 e. The van der Waals surface area contributed by atoms with Gasteiger partial charge in [0.15, 0.2) is 11.4 Å². The van der Waals surface area contributed by atoms with Crippen molar-refractivity contribution >= 4 is 29.1 Å². The Morgan fingerprint density at radius 2 is 1.97 bits per heavy atom.